The van der Waals surface area contributed by atoms with Crippen LogP contribution in [-0.4, -0.2) is 24.0 Å². The van der Waals surface area contributed by atoms with Gasteiger partial charge in [-0.25, -0.2) is 0 Å². The summed E-state index contributed by atoms with van der Waals surface area (Å²) in [6.07, 6.45) is 1.97. The van der Waals surface area contributed by atoms with Crippen LogP contribution < -0.4 is 5.32 Å². The first-order valence-electron chi connectivity index (χ1n) is 6.55. The molecule has 2 heteroatoms. The van der Waals surface area contributed by atoms with Crippen molar-refractivity contribution in [3.05, 3.63) is 48.0 Å². The number of benzene rings is 1. The lowest BCUT2D eigenvalue weighted by Crippen LogP contribution is -2.40. The minimum Gasteiger partial charge on any atom is -0.316 e. The average molecular weight is 246 g/mol. The fraction of sp³-hybridized carbons (Fsp3) is 0.500. The summed E-state index contributed by atoms with van der Waals surface area (Å²) in [5.74, 6) is 0. The monoisotopic (exact) mass is 246 g/mol. The highest BCUT2D eigenvalue weighted by molar-refractivity contribution is 5.22. The Morgan fingerprint density at radius 1 is 1.17 bits per heavy atom. The van der Waals surface area contributed by atoms with E-state index in [9.17, 15) is 0 Å². The maximum atomic E-state index is 3.84. The second-order valence-corrected chi connectivity index (χ2v) is 5.69. The molecule has 100 valence electrons. The van der Waals surface area contributed by atoms with Crippen LogP contribution in [0.3, 0.4) is 0 Å². The molecule has 0 amide bonds. The molecule has 0 bridgehead atoms. The number of nitrogens with zero attached hydrogens (tertiary/aromatic N) is 1. The molecule has 0 saturated heterocycles. The molecule has 0 spiro atoms. The lowest BCUT2D eigenvalue weighted by molar-refractivity contribution is 0.145. The van der Waals surface area contributed by atoms with E-state index < -0.39 is 0 Å². The van der Waals surface area contributed by atoms with E-state index in [1.165, 1.54) is 11.1 Å². The maximum Gasteiger partial charge on any atom is 0.0242 e. The van der Waals surface area contributed by atoms with Crippen LogP contribution >= 0.6 is 0 Å². The first kappa shape index (κ1) is 14.9. The van der Waals surface area contributed by atoms with Crippen molar-refractivity contribution in [2.45, 2.75) is 39.4 Å². The van der Waals surface area contributed by atoms with Gasteiger partial charge in [0.15, 0.2) is 0 Å². The van der Waals surface area contributed by atoms with Crippen LogP contribution in [0, 0.1) is 0 Å². The van der Waals surface area contributed by atoms with Crippen molar-refractivity contribution in [3.8, 4) is 0 Å². The summed E-state index contributed by atoms with van der Waals surface area (Å²) >= 11 is 0. The molecule has 2 nitrogen and oxygen atoms in total. The highest BCUT2D eigenvalue weighted by Gasteiger charge is 2.19. The molecule has 0 aliphatic rings. The van der Waals surface area contributed by atoms with Crippen molar-refractivity contribution in [3.63, 3.8) is 0 Å². The van der Waals surface area contributed by atoms with Crippen LogP contribution in [0.15, 0.2) is 36.9 Å². The van der Waals surface area contributed by atoms with Crippen LogP contribution in [0.4, 0.5) is 0 Å². The largest absolute Gasteiger partial charge is 0.316 e. The molecule has 0 fully saturated rings. The van der Waals surface area contributed by atoms with Gasteiger partial charge in [-0.3, -0.25) is 4.90 Å². The van der Waals surface area contributed by atoms with Crippen LogP contribution in [-0.2, 0) is 13.1 Å². The van der Waals surface area contributed by atoms with Gasteiger partial charge in [0, 0.05) is 25.2 Å². The van der Waals surface area contributed by atoms with Gasteiger partial charge >= 0.3 is 0 Å². The van der Waals surface area contributed by atoms with Crippen LogP contribution in [0.25, 0.3) is 0 Å². The third-order valence-corrected chi connectivity index (χ3v) is 3.08. The smallest absolute Gasteiger partial charge is 0.0242 e. The second kappa shape index (κ2) is 6.72. The molecule has 0 radical (unpaired) electrons. The van der Waals surface area contributed by atoms with Gasteiger partial charge in [0.05, 0.1) is 0 Å². The normalized spacial score (nSPS) is 11.8. The Morgan fingerprint density at radius 3 is 2.17 bits per heavy atom. The average Bonchev–Trinajstić information content (AvgIpc) is 2.30. The van der Waals surface area contributed by atoms with Gasteiger partial charge < -0.3 is 5.32 Å². The number of hydrogen-bond donors (Lipinski definition) is 1. The van der Waals surface area contributed by atoms with E-state index in [1.807, 2.05) is 13.1 Å². The van der Waals surface area contributed by atoms with Crippen molar-refractivity contribution < 1.29 is 0 Å². The van der Waals surface area contributed by atoms with Crippen molar-refractivity contribution in [1.29, 1.82) is 0 Å². The fourth-order valence-corrected chi connectivity index (χ4v) is 1.92. The molecule has 0 heterocycles. The maximum absolute atomic E-state index is 3.84. The second-order valence-electron chi connectivity index (χ2n) is 5.69. The highest BCUT2D eigenvalue weighted by Crippen LogP contribution is 2.17. The van der Waals surface area contributed by atoms with Gasteiger partial charge in [0.25, 0.3) is 0 Å². The van der Waals surface area contributed by atoms with E-state index >= 15 is 0 Å². The zero-order chi connectivity index (χ0) is 13.6. The van der Waals surface area contributed by atoms with Crippen molar-refractivity contribution >= 4 is 0 Å². The summed E-state index contributed by atoms with van der Waals surface area (Å²) in [6.45, 7) is 13.4. The molecule has 0 aliphatic carbocycles. The molecule has 0 aliphatic heterocycles. The summed E-state index contributed by atoms with van der Waals surface area (Å²) in [6, 6.07) is 8.82. The van der Waals surface area contributed by atoms with E-state index in [1.54, 1.807) is 0 Å². The van der Waals surface area contributed by atoms with Gasteiger partial charge in [0.2, 0.25) is 0 Å². The molecule has 0 atom stereocenters. The van der Waals surface area contributed by atoms with Crippen LogP contribution in [0.5, 0.6) is 0 Å². The van der Waals surface area contributed by atoms with Gasteiger partial charge in [-0.05, 0) is 38.9 Å². The molecular formula is C16H26N2. The Morgan fingerprint density at radius 2 is 1.72 bits per heavy atom. The molecule has 0 saturated carbocycles. The lowest BCUT2D eigenvalue weighted by atomic mass is 10.0. The van der Waals surface area contributed by atoms with Crippen LogP contribution in [0.2, 0.25) is 0 Å². The highest BCUT2D eigenvalue weighted by atomic mass is 15.2. The predicted octanol–water partition coefficient (Wildman–Crippen LogP) is 3.19. The van der Waals surface area contributed by atoms with E-state index in [0.717, 1.165) is 19.6 Å². The minimum absolute atomic E-state index is 0.165. The zero-order valence-corrected chi connectivity index (χ0v) is 12.2. The standard InChI is InChI=1S/C16H26N2/c1-6-11-18(16(2,3)4)13-15-9-7-14(8-10-15)12-17-5/h6-10,17H,1,11-13H2,2-5H3. The molecule has 0 aromatic heterocycles. The van der Waals surface area contributed by atoms with E-state index in [-0.39, 0.29) is 5.54 Å². The molecule has 1 aromatic carbocycles. The Balaban J connectivity index is 2.72. The fourth-order valence-electron chi connectivity index (χ4n) is 1.92. The zero-order valence-electron chi connectivity index (χ0n) is 12.2. The summed E-state index contributed by atoms with van der Waals surface area (Å²) < 4.78 is 0. The van der Waals surface area contributed by atoms with E-state index in [0.29, 0.717) is 0 Å². The first-order chi connectivity index (χ1) is 8.47. The van der Waals surface area contributed by atoms with Crippen molar-refractivity contribution in [2.24, 2.45) is 0 Å². The SMILES string of the molecule is C=CCN(Cc1ccc(CNC)cc1)C(C)(C)C. The Labute approximate surface area is 112 Å². The quantitative estimate of drug-likeness (QED) is 0.776. The molecule has 1 aromatic rings. The topological polar surface area (TPSA) is 15.3 Å². The Hall–Kier alpha value is -1.12. The lowest BCUT2D eigenvalue weighted by Gasteiger charge is -2.34. The van der Waals surface area contributed by atoms with E-state index in [2.05, 4.69) is 61.8 Å². The van der Waals surface area contributed by atoms with Gasteiger partial charge in [-0.15, -0.1) is 6.58 Å². The Bertz CT molecular complexity index is 360. The summed E-state index contributed by atoms with van der Waals surface area (Å²) in [4.78, 5) is 2.42. The molecular weight excluding hydrogens is 220 g/mol. The van der Waals surface area contributed by atoms with Crippen molar-refractivity contribution in [2.75, 3.05) is 13.6 Å². The molecule has 18 heavy (non-hydrogen) atoms. The molecule has 0 unspecified atom stereocenters. The van der Waals surface area contributed by atoms with Crippen LogP contribution in [0.1, 0.15) is 31.9 Å². The Kier molecular flexibility index (Phi) is 5.57. The summed E-state index contributed by atoms with van der Waals surface area (Å²) in [7, 11) is 1.97. The summed E-state index contributed by atoms with van der Waals surface area (Å²) in [5.41, 5.74) is 2.84. The molecule has 1 rings (SSSR count). The number of nitrogens with one attached hydrogen (secondary N) is 1. The minimum atomic E-state index is 0.165. The van der Waals surface area contributed by atoms with Crippen molar-refractivity contribution in [1.82, 2.24) is 10.2 Å². The first-order valence-corrected chi connectivity index (χ1v) is 6.55. The summed E-state index contributed by atoms with van der Waals surface area (Å²) in [5, 5.41) is 3.17. The third-order valence-electron chi connectivity index (χ3n) is 3.08. The third kappa shape index (κ3) is 4.63. The number of rotatable bonds is 6. The van der Waals surface area contributed by atoms with Gasteiger partial charge in [-0.1, -0.05) is 30.3 Å². The van der Waals surface area contributed by atoms with Gasteiger partial charge in [-0.2, -0.15) is 0 Å². The number of hydrogen-bond acceptors (Lipinski definition) is 2. The van der Waals surface area contributed by atoms with E-state index in [4.69, 9.17) is 0 Å². The predicted molar refractivity (Wildman–Crippen MR) is 79.6 cm³/mol. The molecule has 1 N–H and O–H groups in total. The van der Waals surface area contributed by atoms with Gasteiger partial charge in [0.1, 0.15) is 0 Å².